The number of rotatable bonds is 6. The maximum atomic E-state index is 11.8. The van der Waals surface area contributed by atoms with Crippen LogP contribution in [0.2, 0.25) is 0 Å². The fourth-order valence-electron chi connectivity index (χ4n) is 2.66. The molecule has 3 nitrogen and oxygen atoms in total. The summed E-state index contributed by atoms with van der Waals surface area (Å²) >= 11 is 0. The molecule has 1 atom stereocenters. The van der Waals surface area contributed by atoms with Crippen LogP contribution in [0.15, 0.2) is 18.2 Å². The summed E-state index contributed by atoms with van der Waals surface area (Å²) in [5.74, 6) is 0.594. The molecule has 1 N–H and O–H groups in total. The van der Waals surface area contributed by atoms with E-state index in [0.717, 1.165) is 25.8 Å². The first-order valence-electron chi connectivity index (χ1n) is 7.19. The summed E-state index contributed by atoms with van der Waals surface area (Å²) in [5, 5.41) is 3.44. The Kier molecular flexibility index (Phi) is 5.47. The zero-order valence-corrected chi connectivity index (χ0v) is 12.0. The van der Waals surface area contributed by atoms with Crippen LogP contribution in [0, 0.1) is 0 Å². The Morgan fingerprint density at radius 3 is 2.81 bits per heavy atom. The van der Waals surface area contributed by atoms with Crippen LogP contribution < -0.4 is 10.1 Å². The third kappa shape index (κ3) is 4.89. The van der Waals surface area contributed by atoms with Crippen molar-refractivity contribution in [1.82, 2.24) is 5.32 Å². The fraction of sp³-hybridized carbons (Fsp3) is 0.600. The number of hydrogen-bond donors (Lipinski definition) is 1. The van der Waals surface area contributed by atoms with Crippen LogP contribution in [0.25, 0.3) is 0 Å². The zero-order chi connectivity index (χ0) is 15.3. The van der Waals surface area contributed by atoms with E-state index in [1.54, 1.807) is 0 Å². The molecule has 1 aliphatic rings. The summed E-state index contributed by atoms with van der Waals surface area (Å²) in [4.78, 5) is 0. The molecule has 0 spiro atoms. The molecule has 0 amide bonds. The molecule has 1 unspecified atom stereocenters. The van der Waals surface area contributed by atoms with Gasteiger partial charge in [-0.2, -0.15) is 0 Å². The van der Waals surface area contributed by atoms with Crippen molar-refractivity contribution < 1.29 is 22.6 Å². The Morgan fingerprint density at radius 2 is 2.10 bits per heavy atom. The predicted molar refractivity (Wildman–Crippen MR) is 73.3 cm³/mol. The third-order valence-electron chi connectivity index (χ3n) is 3.50. The zero-order valence-electron chi connectivity index (χ0n) is 12.0. The van der Waals surface area contributed by atoms with Gasteiger partial charge in [0.2, 0.25) is 0 Å². The minimum atomic E-state index is -4.60. The van der Waals surface area contributed by atoms with Crippen molar-refractivity contribution in [3.8, 4) is 5.75 Å². The van der Waals surface area contributed by atoms with Crippen molar-refractivity contribution in [1.29, 1.82) is 0 Å². The molecule has 1 aromatic rings. The van der Waals surface area contributed by atoms with E-state index in [1.807, 2.05) is 18.2 Å². The van der Waals surface area contributed by atoms with Gasteiger partial charge >= 0.3 is 6.36 Å². The molecule has 1 aromatic carbocycles. The van der Waals surface area contributed by atoms with E-state index in [4.69, 9.17) is 4.74 Å². The molecule has 1 aliphatic carbocycles. The number of aryl methyl sites for hydroxylation is 1. The molecule has 6 heteroatoms. The summed E-state index contributed by atoms with van der Waals surface area (Å²) in [6.45, 7) is 2.37. The van der Waals surface area contributed by atoms with Crippen LogP contribution in [-0.2, 0) is 11.2 Å². The highest BCUT2D eigenvalue weighted by atomic mass is 19.4. The Labute approximate surface area is 122 Å². The van der Waals surface area contributed by atoms with Crippen LogP contribution in [-0.4, -0.2) is 26.1 Å². The van der Waals surface area contributed by atoms with Crippen molar-refractivity contribution in [3.63, 3.8) is 0 Å². The molecule has 0 bridgehead atoms. The molecular weight excluding hydrogens is 283 g/mol. The van der Waals surface area contributed by atoms with E-state index >= 15 is 0 Å². The first kappa shape index (κ1) is 16.1. The lowest BCUT2D eigenvalue weighted by atomic mass is 9.87. The van der Waals surface area contributed by atoms with Gasteiger partial charge in [-0.25, -0.2) is 0 Å². The van der Waals surface area contributed by atoms with Crippen LogP contribution in [0.1, 0.15) is 36.9 Å². The highest BCUT2D eigenvalue weighted by molar-refractivity contribution is 5.39. The van der Waals surface area contributed by atoms with Gasteiger partial charge < -0.3 is 10.1 Å². The summed E-state index contributed by atoms with van der Waals surface area (Å²) in [5.41, 5.74) is 2.48. The highest BCUT2D eigenvalue weighted by Crippen LogP contribution is 2.32. The van der Waals surface area contributed by atoms with Gasteiger partial charge in [0, 0.05) is 6.04 Å². The van der Waals surface area contributed by atoms with Crippen molar-refractivity contribution in [2.75, 3.05) is 19.8 Å². The summed E-state index contributed by atoms with van der Waals surface area (Å²) in [6.07, 6.45) is -1.41. The first-order chi connectivity index (χ1) is 9.99. The van der Waals surface area contributed by atoms with Gasteiger partial charge in [-0.05, 0) is 49.1 Å². The highest BCUT2D eigenvalue weighted by Gasteiger charge is 2.28. The average Bonchev–Trinajstić information content (AvgIpc) is 2.43. The number of ether oxygens (including phenoxy) is 2. The molecule has 0 saturated heterocycles. The number of fused-ring (bicyclic) bond motifs is 1. The minimum absolute atomic E-state index is 0.116. The van der Waals surface area contributed by atoms with Crippen LogP contribution in [0.4, 0.5) is 13.2 Å². The van der Waals surface area contributed by atoms with E-state index in [0.29, 0.717) is 11.8 Å². The van der Waals surface area contributed by atoms with Crippen LogP contribution in [0.3, 0.4) is 0 Å². The predicted octanol–water partition coefficient (Wildman–Crippen LogP) is 3.59. The van der Waals surface area contributed by atoms with Crippen LogP contribution >= 0.6 is 0 Å². The lowest BCUT2D eigenvalue weighted by molar-refractivity contribution is -0.325. The molecule has 0 heterocycles. The summed E-state index contributed by atoms with van der Waals surface area (Å²) in [6, 6.07) is 6.09. The van der Waals surface area contributed by atoms with E-state index in [-0.39, 0.29) is 6.61 Å². The van der Waals surface area contributed by atoms with Gasteiger partial charge in [0.05, 0.1) is 6.61 Å². The number of hydrogen-bond acceptors (Lipinski definition) is 3. The third-order valence-corrected chi connectivity index (χ3v) is 3.50. The minimum Gasteiger partial charge on any atom is -0.491 e. The second-order valence-electron chi connectivity index (χ2n) is 5.01. The summed E-state index contributed by atoms with van der Waals surface area (Å²) in [7, 11) is 0. The van der Waals surface area contributed by atoms with Gasteiger partial charge in [-0.3, -0.25) is 4.74 Å². The summed E-state index contributed by atoms with van der Waals surface area (Å²) < 4.78 is 44.5. The quantitative estimate of drug-likeness (QED) is 0.815. The standard InChI is InChI=1S/C15H20F3NO2/c1-2-19-14-5-3-4-11-10-12(6-7-13(11)14)20-8-9-21-15(16,17)18/h6-7,10,14,19H,2-5,8-9H2,1H3. The van der Waals surface area contributed by atoms with E-state index in [1.165, 1.54) is 11.1 Å². The van der Waals surface area contributed by atoms with Gasteiger partial charge in [0.25, 0.3) is 0 Å². The maximum Gasteiger partial charge on any atom is 0.522 e. The first-order valence-corrected chi connectivity index (χ1v) is 7.19. The molecule has 0 fully saturated rings. The lowest BCUT2D eigenvalue weighted by Crippen LogP contribution is -2.24. The SMILES string of the molecule is CCNC1CCCc2cc(OCCOC(F)(F)F)ccc21. The molecule has 21 heavy (non-hydrogen) atoms. The maximum absolute atomic E-state index is 11.8. The Bertz CT molecular complexity index is 463. The smallest absolute Gasteiger partial charge is 0.491 e. The van der Waals surface area contributed by atoms with Crippen molar-refractivity contribution >= 4 is 0 Å². The Balaban J connectivity index is 1.91. The van der Waals surface area contributed by atoms with Crippen molar-refractivity contribution in [2.45, 2.75) is 38.6 Å². The molecule has 2 rings (SSSR count). The average molecular weight is 303 g/mol. The van der Waals surface area contributed by atoms with Gasteiger partial charge in [0.15, 0.2) is 0 Å². The Morgan fingerprint density at radius 1 is 1.29 bits per heavy atom. The molecule has 118 valence electrons. The fourth-order valence-corrected chi connectivity index (χ4v) is 2.66. The number of alkyl halides is 3. The van der Waals surface area contributed by atoms with Gasteiger partial charge in [0.1, 0.15) is 12.4 Å². The van der Waals surface area contributed by atoms with Gasteiger partial charge in [-0.1, -0.05) is 13.0 Å². The molecule has 0 aliphatic heterocycles. The second-order valence-corrected chi connectivity index (χ2v) is 5.01. The number of halogens is 3. The second kappa shape index (κ2) is 7.13. The van der Waals surface area contributed by atoms with Crippen LogP contribution in [0.5, 0.6) is 5.75 Å². The normalized spacial score (nSPS) is 18.4. The lowest BCUT2D eigenvalue weighted by Gasteiger charge is -2.26. The largest absolute Gasteiger partial charge is 0.522 e. The topological polar surface area (TPSA) is 30.5 Å². The molecule has 0 saturated carbocycles. The number of benzene rings is 1. The van der Waals surface area contributed by atoms with E-state index in [2.05, 4.69) is 17.0 Å². The number of nitrogens with one attached hydrogen (secondary N) is 1. The molecule has 0 aromatic heterocycles. The monoisotopic (exact) mass is 303 g/mol. The van der Waals surface area contributed by atoms with E-state index < -0.39 is 13.0 Å². The molecule has 0 radical (unpaired) electrons. The molecular formula is C15H20F3NO2. The van der Waals surface area contributed by atoms with Crippen molar-refractivity contribution in [2.24, 2.45) is 0 Å². The van der Waals surface area contributed by atoms with Gasteiger partial charge in [-0.15, -0.1) is 13.2 Å². The van der Waals surface area contributed by atoms with E-state index in [9.17, 15) is 13.2 Å². The Hall–Kier alpha value is -1.27. The van der Waals surface area contributed by atoms with Crippen molar-refractivity contribution in [3.05, 3.63) is 29.3 Å².